The van der Waals surface area contributed by atoms with Crippen molar-refractivity contribution in [3.63, 3.8) is 0 Å². The topological polar surface area (TPSA) is 83.6 Å². The number of amides is 2. The number of hydrogen-bond acceptors (Lipinski definition) is 4. The summed E-state index contributed by atoms with van der Waals surface area (Å²) in [5, 5.41) is 0.255. The summed E-state index contributed by atoms with van der Waals surface area (Å²) in [6.07, 6.45) is 1.23. The normalized spacial score (nSPS) is 14.6. The first kappa shape index (κ1) is 17.4. The molecule has 0 radical (unpaired) electrons. The maximum absolute atomic E-state index is 12.3. The lowest BCUT2D eigenvalue weighted by atomic mass is 10.2. The highest BCUT2D eigenvalue weighted by molar-refractivity contribution is 7.90. The second kappa shape index (κ2) is 6.85. The lowest BCUT2D eigenvalue weighted by Crippen LogP contribution is -2.31. The van der Waals surface area contributed by atoms with Crippen molar-refractivity contribution in [2.24, 2.45) is 0 Å². The second-order valence-corrected chi connectivity index (χ2v) is 7.71. The molecule has 1 aliphatic heterocycles. The van der Waals surface area contributed by atoms with Crippen molar-refractivity contribution in [3.8, 4) is 0 Å². The Kier molecular flexibility index (Phi) is 4.78. The smallest absolute Gasteiger partial charge is 0.265 e. The van der Waals surface area contributed by atoms with Crippen molar-refractivity contribution < 1.29 is 18.0 Å². The van der Waals surface area contributed by atoms with Crippen LogP contribution in [-0.4, -0.2) is 26.8 Å². The number of carbonyl (C=O) groups is 2. The molecule has 130 valence electrons. The van der Waals surface area contributed by atoms with Crippen LogP contribution in [0.1, 0.15) is 23.2 Å². The molecule has 3 rings (SSSR count). The van der Waals surface area contributed by atoms with Crippen LogP contribution in [0, 0.1) is 0 Å². The molecule has 0 saturated carbocycles. The lowest BCUT2D eigenvalue weighted by Gasteiger charge is -2.16. The molecule has 0 bridgehead atoms. The van der Waals surface area contributed by atoms with Gasteiger partial charge >= 0.3 is 0 Å². The predicted octanol–water partition coefficient (Wildman–Crippen LogP) is 2.59. The van der Waals surface area contributed by atoms with Gasteiger partial charge in [0.2, 0.25) is 5.91 Å². The van der Waals surface area contributed by atoms with Gasteiger partial charge in [-0.3, -0.25) is 9.59 Å². The third kappa shape index (κ3) is 3.83. The van der Waals surface area contributed by atoms with Crippen LogP contribution >= 0.6 is 11.6 Å². The van der Waals surface area contributed by atoms with E-state index < -0.39 is 15.9 Å². The first-order valence-corrected chi connectivity index (χ1v) is 9.46. The second-order valence-electron chi connectivity index (χ2n) is 5.59. The van der Waals surface area contributed by atoms with E-state index in [9.17, 15) is 18.0 Å². The number of benzene rings is 2. The summed E-state index contributed by atoms with van der Waals surface area (Å²) in [4.78, 5) is 25.6. The Morgan fingerprint density at radius 1 is 1.12 bits per heavy atom. The minimum absolute atomic E-state index is 0.0101. The van der Waals surface area contributed by atoms with Crippen molar-refractivity contribution in [1.82, 2.24) is 4.72 Å². The Morgan fingerprint density at radius 2 is 1.88 bits per heavy atom. The number of anilines is 1. The monoisotopic (exact) mass is 378 g/mol. The van der Waals surface area contributed by atoms with Gasteiger partial charge in [-0.05, 0) is 42.8 Å². The highest BCUT2D eigenvalue weighted by Crippen LogP contribution is 2.22. The van der Waals surface area contributed by atoms with Crippen LogP contribution in [0.3, 0.4) is 0 Å². The molecule has 1 fully saturated rings. The summed E-state index contributed by atoms with van der Waals surface area (Å²) in [7, 11) is -4.04. The van der Waals surface area contributed by atoms with E-state index in [4.69, 9.17) is 11.6 Å². The largest absolute Gasteiger partial charge is 0.312 e. The summed E-state index contributed by atoms with van der Waals surface area (Å²) in [6, 6.07) is 12.0. The summed E-state index contributed by atoms with van der Waals surface area (Å²) in [5.74, 6) is -0.780. The Morgan fingerprint density at radius 3 is 2.56 bits per heavy atom. The summed E-state index contributed by atoms with van der Waals surface area (Å²) in [6.45, 7) is 0.588. The van der Waals surface area contributed by atoms with Gasteiger partial charge in [0.25, 0.3) is 15.9 Å². The molecular weight excluding hydrogens is 364 g/mol. The number of sulfonamides is 1. The molecule has 0 aliphatic carbocycles. The average molecular weight is 379 g/mol. The van der Waals surface area contributed by atoms with Crippen LogP contribution in [0.25, 0.3) is 0 Å². The van der Waals surface area contributed by atoms with Gasteiger partial charge < -0.3 is 4.90 Å². The van der Waals surface area contributed by atoms with Crippen molar-refractivity contribution in [3.05, 3.63) is 59.1 Å². The molecular formula is C17H15ClN2O4S. The summed E-state index contributed by atoms with van der Waals surface area (Å²) < 4.78 is 26.6. The zero-order chi connectivity index (χ0) is 18.0. The third-order valence-corrected chi connectivity index (χ3v) is 5.39. The van der Waals surface area contributed by atoms with Crippen LogP contribution in [-0.2, 0) is 14.8 Å². The van der Waals surface area contributed by atoms with Crippen molar-refractivity contribution >= 4 is 39.1 Å². The number of hydrogen-bond donors (Lipinski definition) is 1. The van der Waals surface area contributed by atoms with Crippen molar-refractivity contribution in [2.75, 3.05) is 11.4 Å². The fourth-order valence-electron chi connectivity index (χ4n) is 2.61. The lowest BCUT2D eigenvalue weighted by molar-refractivity contribution is -0.117. The van der Waals surface area contributed by atoms with E-state index in [0.717, 1.165) is 6.42 Å². The first-order valence-electron chi connectivity index (χ1n) is 7.60. The van der Waals surface area contributed by atoms with Gasteiger partial charge in [0.15, 0.2) is 0 Å². The van der Waals surface area contributed by atoms with E-state index in [2.05, 4.69) is 0 Å². The van der Waals surface area contributed by atoms with Gasteiger partial charge in [-0.15, -0.1) is 0 Å². The van der Waals surface area contributed by atoms with E-state index in [1.54, 1.807) is 23.1 Å². The zero-order valence-electron chi connectivity index (χ0n) is 13.1. The van der Waals surface area contributed by atoms with E-state index in [1.165, 1.54) is 30.3 Å². The Bertz CT molecular complexity index is 943. The predicted molar refractivity (Wildman–Crippen MR) is 94.1 cm³/mol. The molecule has 8 heteroatoms. The molecule has 1 saturated heterocycles. The zero-order valence-corrected chi connectivity index (χ0v) is 14.7. The highest BCUT2D eigenvalue weighted by Gasteiger charge is 2.23. The van der Waals surface area contributed by atoms with Gasteiger partial charge in [0.1, 0.15) is 0 Å². The number of nitrogens with one attached hydrogen (secondary N) is 1. The fraction of sp³-hybridized carbons (Fsp3) is 0.176. The standard InChI is InChI=1S/C17H15ClN2O4S/c18-13-5-2-7-15(11-13)25(23,24)19-17(22)12-4-1-6-14(10-12)20-9-3-8-16(20)21/h1-2,4-7,10-11H,3,8-9H2,(H,19,22). The molecule has 2 amide bonds. The van der Waals surface area contributed by atoms with Crippen LogP contribution in [0.5, 0.6) is 0 Å². The van der Waals surface area contributed by atoms with Crippen LogP contribution in [0.15, 0.2) is 53.4 Å². The number of rotatable bonds is 4. The molecule has 2 aromatic rings. The Labute approximate surface area is 150 Å². The molecule has 0 aromatic heterocycles. The van der Waals surface area contributed by atoms with Crippen molar-refractivity contribution in [2.45, 2.75) is 17.7 Å². The van der Waals surface area contributed by atoms with E-state index in [1.807, 2.05) is 4.72 Å². The molecule has 0 spiro atoms. The maximum atomic E-state index is 12.3. The first-order chi connectivity index (χ1) is 11.9. The van der Waals surface area contributed by atoms with E-state index in [-0.39, 0.29) is 21.4 Å². The van der Waals surface area contributed by atoms with Crippen LogP contribution in [0.4, 0.5) is 5.69 Å². The molecule has 2 aromatic carbocycles. The molecule has 1 aliphatic rings. The number of carbonyl (C=O) groups excluding carboxylic acids is 2. The average Bonchev–Trinajstić information content (AvgIpc) is 3.01. The minimum atomic E-state index is -4.04. The van der Waals surface area contributed by atoms with Crippen molar-refractivity contribution in [1.29, 1.82) is 0 Å². The molecule has 25 heavy (non-hydrogen) atoms. The minimum Gasteiger partial charge on any atom is -0.312 e. The quantitative estimate of drug-likeness (QED) is 0.886. The van der Waals surface area contributed by atoms with E-state index in [0.29, 0.717) is 18.7 Å². The third-order valence-electron chi connectivity index (χ3n) is 3.83. The fourth-order valence-corrected chi connectivity index (χ4v) is 3.88. The van der Waals surface area contributed by atoms with Gasteiger partial charge in [-0.25, -0.2) is 13.1 Å². The molecule has 0 atom stereocenters. The van der Waals surface area contributed by atoms with E-state index >= 15 is 0 Å². The van der Waals surface area contributed by atoms with Gasteiger partial charge in [0.05, 0.1) is 4.90 Å². The van der Waals surface area contributed by atoms with Crippen LogP contribution in [0.2, 0.25) is 5.02 Å². The number of halogens is 1. The number of nitrogens with zero attached hydrogens (tertiary/aromatic N) is 1. The Hall–Kier alpha value is -2.38. The molecule has 1 heterocycles. The molecule has 0 unspecified atom stereocenters. The van der Waals surface area contributed by atoms with Crippen LogP contribution < -0.4 is 9.62 Å². The highest BCUT2D eigenvalue weighted by atomic mass is 35.5. The van der Waals surface area contributed by atoms with Gasteiger partial charge in [-0.2, -0.15) is 0 Å². The van der Waals surface area contributed by atoms with Gasteiger partial charge in [0, 0.05) is 29.2 Å². The molecule has 1 N–H and O–H groups in total. The SMILES string of the molecule is O=C(NS(=O)(=O)c1cccc(Cl)c1)c1cccc(N2CCCC2=O)c1. The van der Waals surface area contributed by atoms with Gasteiger partial charge in [-0.1, -0.05) is 23.7 Å². The maximum Gasteiger partial charge on any atom is 0.265 e. The summed E-state index contributed by atoms with van der Waals surface area (Å²) >= 11 is 5.80. The molecule has 6 nitrogen and oxygen atoms in total. The Balaban J connectivity index is 1.83. The summed E-state index contributed by atoms with van der Waals surface area (Å²) in [5.41, 5.74) is 0.734.